The minimum absolute atomic E-state index is 0.190. The fraction of sp³-hybridized carbons (Fsp3) is 0.538. The lowest BCUT2D eigenvalue weighted by Gasteiger charge is -2.26. The van der Waals surface area contributed by atoms with Gasteiger partial charge >= 0.3 is 0 Å². The molecular formula is C13H21NS. The normalized spacial score (nSPS) is 13.9. The van der Waals surface area contributed by atoms with Gasteiger partial charge in [0, 0.05) is 16.7 Å². The standard InChI is InChI=1S/C13H21NS/c1-10-7-5-6-8-11(10)15-9-12(14)13(2,3)4/h5-8,12H,9,14H2,1-4H3. The van der Waals surface area contributed by atoms with Crippen molar-refractivity contribution < 1.29 is 0 Å². The van der Waals surface area contributed by atoms with Crippen LogP contribution in [0.2, 0.25) is 0 Å². The predicted molar refractivity (Wildman–Crippen MR) is 69.3 cm³/mol. The number of benzene rings is 1. The van der Waals surface area contributed by atoms with Crippen LogP contribution >= 0.6 is 11.8 Å². The zero-order valence-electron chi connectivity index (χ0n) is 10.1. The molecule has 0 fully saturated rings. The van der Waals surface area contributed by atoms with Crippen molar-refractivity contribution in [3.8, 4) is 0 Å². The topological polar surface area (TPSA) is 26.0 Å². The van der Waals surface area contributed by atoms with Gasteiger partial charge in [0.1, 0.15) is 0 Å². The van der Waals surface area contributed by atoms with E-state index in [0.29, 0.717) is 0 Å². The third kappa shape index (κ3) is 3.88. The highest BCUT2D eigenvalue weighted by atomic mass is 32.2. The lowest BCUT2D eigenvalue weighted by molar-refractivity contribution is 0.344. The van der Waals surface area contributed by atoms with E-state index in [1.165, 1.54) is 10.5 Å². The fourth-order valence-electron chi connectivity index (χ4n) is 1.15. The first-order chi connectivity index (χ1) is 6.91. The van der Waals surface area contributed by atoms with E-state index in [1.54, 1.807) is 0 Å². The summed E-state index contributed by atoms with van der Waals surface area (Å²) < 4.78 is 0. The number of nitrogens with two attached hydrogens (primary N) is 1. The van der Waals surface area contributed by atoms with Crippen molar-refractivity contribution in [2.75, 3.05) is 5.75 Å². The van der Waals surface area contributed by atoms with E-state index < -0.39 is 0 Å². The van der Waals surface area contributed by atoms with Crippen molar-refractivity contribution in [2.24, 2.45) is 11.1 Å². The SMILES string of the molecule is Cc1ccccc1SCC(N)C(C)(C)C. The molecule has 0 aliphatic carbocycles. The summed E-state index contributed by atoms with van der Waals surface area (Å²) in [7, 11) is 0. The second-order valence-electron chi connectivity index (χ2n) is 5.05. The average Bonchev–Trinajstić information content (AvgIpc) is 2.14. The van der Waals surface area contributed by atoms with Crippen LogP contribution in [0.5, 0.6) is 0 Å². The predicted octanol–water partition coefficient (Wildman–Crippen LogP) is 3.46. The van der Waals surface area contributed by atoms with Crippen LogP contribution in [-0.2, 0) is 0 Å². The minimum Gasteiger partial charge on any atom is -0.326 e. The van der Waals surface area contributed by atoms with E-state index in [9.17, 15) is 0 Å². The Kier molecular flexibility index (Phi) is 4.23. The van der Waals surface area contributed by atoms with Crippen molar-refractivity contribution >= 4 is 11.8 Å². The molecule has 0 saturated heterocycles. The Morgan fingerprint density at radius 2 is 1.87 bits per heavy atom. The molecule has 2 N–H and O–H groups in total. The maximum Gasteiger partial charge on any atom is 0.0183 e. The highest BCUT2D eigenvalue weighted by molar-refractivity contribution is 7.99. The molecule has 2 heteroatoms. The smallest absolute Gasteiger partial charge is 0.0183 e. The molecule has 1 aromatic rings. The highest BCUT2D eigenvalue weighted by Gasteiger charge is 2.20. The molecule has 0 bridgehead atoms. The van der Waals surface area contributed by atoms with Gasteiger partial charge in [0.2, 0.25) is 0 Å². The van der Waals surface area contributed by atoms with E-state index in [1.807, 2.05) is 11.8 Å². The highest BCUT2D eigenvalue weighted by Crippen LogP contribution is 2.26. The van der Waals surface area contributed by atoms with Crippen LogP contribution < -0.4 is 5.73 Å². The third-order valence-corrected chi connectivity index (χ3v) is 3.92. The first-order valence-electron chi connectivity index (χ1n) is 5.35. The van der Waals surface area contributed by atoms with Gasteiger partial charge in [-0.15, -0.1) is 11.8 Å². The Balaban J connectivity index is 2.55. The second kappa shape index (κ2) is 5.04. The first kappa shape index (κ1) is 12.6. The molecule has 1 rings (SSSR count). The van der Waals surface area contributed by atoms with Crippen molar-refractivity contribution in [2.45, 2.75) is 38.6 Å². The quantitative estimate of drug-likeness (QED) is 0.794. The molecule has 84 valence electrons. The van der Waals surface area contributed by atoms with Crippen LogP contribution in [-0.4, -0.2) is 11.8 Å². The molecule has 1 atom stereocenters. The Hall–Kier alpha value is -0.470. The summed E-state index contributed by atoms with van der Waals surface area (Å²) in [4.78, 5) is 1.34. The summed E-state index contributed by atoms with van der Waals surface area (Å²) in [5, 5.41) is 0. The molecule has 15 heavy (non-hydrogen) atoms. The molecule has 0 spiro atoms. The molecule has 0 aromatic heterocycles. The molecule has 1 nitrogen and oxygen atoms in total. The lowest BCUT2D eigenvalue weighted by atomic mass is 9.89. The maximum absolute atomic E-state index is 6.13. The van der Waals surface area contributed by atoms with E-state index >= 15 is 0 Å². The Labute approximate surface area is 97.4 Å². The summed E-state index contributed by atoms with van der Waals surface area (Å²) in [6, 6.07) is 8.70. The summed E-state index contributed by atoms with van der Waals surface area (Å²) >= 11 is 1.86. The summed E-state index contributed by atoms with van der Waals surface area (Å²) in [6.07, 6.45) is 0. The number of hydrogen-bond donors (Lipinski definition) is 1. The second-order valence-corrected chi connectivity index (χ2v) is 6.11. The minimum atomic E-state index is 0.190. The lowest BCUT2D eigenvalue weighted by Crippen LogP contribution is -2.37. The Morgan fingerprint density at radius 1 is 1.27 bits per heavy atom. The van der Waals surface area contributed by atoms with Crippen LogP contribution in [0.1, 0.15) is 26.3 Å². The van der Waals surface area contributed by atoms with E-state index in [-0.39, 0.29) is 11.5 Å². The summed E-state index contributed by atoms with van der Waals surface area (Å²) in [6.45, 7) is 8.72. The summed E-state index contributed by atoms with van der Waals surface area (Å²) in [5.41, 5.74) is 7.65. The molecule has 0 radical (unpaired) electrons. The number of rotatable bonds is 3. The van der Waals surface area contributed by atoms with Crippen molar-refractivity contribution in [3.63, 3.8) is 0 Å². The van der Waals surface area contributed by atoms with Gasteiger partial charge in [0.25, 0.3) is 0 Å². The number of aryl methyl sites for hydroxylation is 1. The molecule has 0 saturated carbocycles. The molecule has 1 unspecified atom stereocenters. The Bertz CT molecular complexity index is 315. The largest absolute Gasteiger partial charge is 0.326 e. The molecule has 1 aromatic carbocycles. The first-order valence-corrected chi connectivity index (χ1v) is 6.34. The summed E-state index contributed by atoms with van der Waals surface area (Å²) in [5.74, 6) is 0.981. The van der Waals surface area contributed by atoms with E-state index in [4.69, 9.17) is 5.73 Å². The molecule has 0 aliphatic heterocycles. The van der Waals surface area contributed by atoms with Gasteiger partial charge in [-0.2, -0.15) is 0 Å². The number of thioether (sulfide) groups is 1. The number of hydrogen-bond acceptors (Lipinski definition) is 2. The Morgan fingerprint density at radius 3 is 2.40 bits per heavy atom. The van der Waals surface area contributed by atoms with Gasteiger partial charge < -0.3 is 5.73 Å². The van der Waals surface area contributed by atoms with Crippen molar-refractivity contribution in [1.29, 1.82) is 0 Å². The van der Waals surface area contributed by atoms with Crippen LogP contribution in [0, 0.1) is 12.3 Å². The molecule has 0 aliphatic rings. The van der Waals surface area contributed by atoms with Crippen LogP contribution in [0.4, 0.5) is 0 Å². The molecule has 0 amide bonds. The third-order valence-electron chi connectivity index (χ3n) is 2.62. The zero-order chi connectivity index (χ0) is 11.5. The van der Waals surface area contributed by atoms with Gasteiger partial charge in [-0.3, -0.25) is 0 Å². The molecule has 0 heterocycles. The maximum atomic E-state index is 6.13. The van der Waals surface area contributed by atoms with Crippen LogP contribution in [0.15, 0.2) is 29.2 Å². The fourth-order valence-corrected chi connectivity index (χ4v) is 2.48. The monoisotopic (exact) mass is 223 g/mol. The van der Waals surface area contributed by atoms with E-state index in [2.05, 4.69) is 52.0 Å². The van der Waals surface area contributed by atoms with Gasteiger partial charge in [-0.1, -0.05) is 39.0 Å². The van der Waals surface area contributed by atoms with Crippen molar-refractivity contribution in [1.82, 2.24) is 0 Å². The van der Waals surface area contributed by atoms with Gasteiger partial charge in [0.05, 0.1) is 0 Å². The van der Waals surface area contributed by atoms with Crippen LogP contribution in [0.25, 0.3) is 0 Å². The van der Waals surface area contributed by atoms with Gasteiger partial charge in [0.15, 0.2) is 0 Å². The van der Waals surface area contributed by atoms with Crippen molar-refractivity contribution in [3.05, 3.63) is 29.8 Å². The van der Waals surface area contributed by atoms with Gasteiger partial charge in [-0.25, -0.2) is 0 Å². The van der Waals surface area contributed by atoms with Gasteiger partial charge in [-0.05, 0) is 24.0 Å². The molecular weight excluding hydrogens is 202 g/mol. The van der Waals surface area contributed by atoms with Crippen LogP contribution in [0.3, 0.4) is 0 Å². The average molecular weight is 223 g/mol. The van der Waals surface area contributed by atoms with E-state index in [0.717, 1.165) is 5.75 Å². The zero-order valence-corrected chi connectivity index (χ0v) is 10.9.